The van der Waals surface area contributed by atoms with Crippen LogP contribution < -0.4 is 5.32 Å². The predicted octanol–water partition coefficient (Wildman–Crippen LogP) is 3.60. The minimum atomic E-state index is 0.0351. The van der Waals surface area contributed by atoms with E-state index in [1.807, 2.05) is 24.3 Å². The second-order valence-electron chi connectivity index (χ2n) is 3.82. The Labute approximate surface area is 111 Å². The normalized spacial score (nSPS) is 10.1. The molecule has 0 unspecified atom stereocenters. The first-order valence-corrected chi connectivity index (χ1v) is 6.85. The van der Waals surface area contributed by atoms with E-state index < -0.39 is 0 Å². The van der Waals surface area contributed by atoms with E-state index in [-0.39, 0.29) is 5.91 Å². The number of unbranched alkanes of at least 4 members (excludes halogenated alkanes) is 3. The molecule has 0 atom stereocenters. The number of hydrogen-bond donors (Lipinski definition) is 1. The molecule has 1 rings (SSSR count). The molecule has 0 fully saturated rings. The minimum Gasteiger partial charge on any atom is -0.352 e. The summed E-state index contributed by atoms with van der Waals surface area (Å²) in [6.07, 6.45) is 4.75. The summed E-state index contributed by atoms with van der Waals surface area (Å²) in [4.78, 5) is 11.7. The fourth-order valence-corrected chi connectivity index (χ4v) is 1.82. The Balaban J connectivity index is 2.27. The van der Waals surface area contributed by atoms with Gasteiger partial charge in [-0.05, 0) is 53.3 Å². The molecule has 2 nitrogen and oxygen atoms in total. The highest BCUT2D eigenvalue weighted by molar-refractivity contribution is 14.1. The van der Waals surface area contributed by atoms with Crippen molar-refractivity contribution < 1.29 is 4.79 Å². The zero-order chi connectivity index (χ0) is 11.8. The Morgan fingerprint density at radius 2 is 1.88 bits per heavy atom. The van der Waals surface area contributed by atoms with Crippen molar-refractivity contribution in [2.24, 2.45) is 0 Å². The number of hydrogen-bond acceptors (Lipinski definition) is 1. The van der Waals surface area contributed by atoms with Crippen LogP contribution in [0.4, 0.5) is 0 Å². The molecule has 1 aromatic carbocycles. The van der Waals surface area contributed by atoms with Crippen LogP contribution in [-0.4, -0.2) is 12.5 Å². The van der Waals surface area contributed by atoms with E-state index >= 15 is 0 Å². The molecule has 0 bridgehead atoms. The molecule has 16 heavy (non-hydrogen) atoms. The van der Waals surface area contributed by atoms with Crippen molar-refractivity contribution in [2.45, 2.75) is 32.6 Å². The standard InChI is InChI=1S/C13H18INO/c1-2-3-4-5-10-15-13(16)11-6-8-12(14)9-7-11/h6-9H,2-5,10H2,1H3,(H,15,16). The van der Waals surface area contributed by atoms with Gasteiger partial charge >= 0.3 is 0 Å². The highest BCUT2D eigenvalue weighted by Crippen LogP contribution is 2.06. The molecular formula is C13H18INO. The fourth-order valence-electron chi connectivity index (χ4n) is 1.46. The van der Waals surface area contributed by atoms with Gasteiger partial charge in [-0.15, -0.1) is 0 Å². The van der Waals surface area contributed by atoms with Gasteiger partial charge in [0.05, 0.1) is 0 Å². The summed E-state index contributed by atoms with van der Waals surface area (Å²) in [6, 6.07) is 7.63. The third kappa shape index (κ3) is 4.96. The number of nitrogens with one attached hydrogen (secondary N) is 1. The second kappa shape index (κ2) is 7.65. The summed E-state index contributed by atoms with van der Waals surface area (Å²) >= 11 is 2.23. The molecule has 0 aliphatic rings. The van der Waals surface area contributed by atoms with Crippen LogP contribution in [0.25, 0.3) is 0 Å². The maximum Gasteiger partial charge on any atom is 0.251 e. The Kier molecular flexibility index (Phi) is 6.45. The van der Waals surface area contributed by atoms with E-state index in [1.165, 1.54) is 19.3 Å². The molecule has 0 aliphatic heterocycles. The molecule has 3 heteroatoms. The van der Waals surface area contributed by atoms with Gasteiger partial charge in [-0.25, -0.2) is 0 Å². The van der Waals surface area contributed by atoms with Crippen LogP contribution in [-0.2, 0) is 0 Å². The Hall–Kier alpha value is -0.580. The average Bonchev–Trinajstić information content (AvgIpc) is 2.29. The summed E-state index contributed by atoms with van der Waals surface area (Å²) in [7, 11) is 0. The Morgan fingerprint density at radius 1 is 1.19 bits per heavy atom. The first kappa shape index (κ1) is 13.5. The van der Waals surface area contributed by atoms with E-state index in [4.69, 9.17) is 0 Å². The van der Waals surface area contributed by atoms with Crippen LogP contribution in [0.1, 0.15) is 43.0 Å². The van der Waals surface area contributed by atoms with Crippen LogP contribution in [0.3, 0.4) is 0 Å². The van der Waals surface area contributed by atoms with Crippen LogP contribution in [0.5, 0.6) is 0 Å². The van der Waals surface area contributed by atoms with E-state index in [2.05, 4.69) is 34.8 Å². The van der Waals surface area contributed by atoms with Gasteiger partial charge in [0.25, 0.3) is 5.91 Å². The van der Waals surface area contributed by atoms with Crippen molar-refractivity contribution in [1.82, 2.24) is 5.32 Å². The van der Waals surface area contributed by atoms with E-state index in [0.717, 1.165) is 22.1 Å². The molecule has 88 valence electrons. The number of halogens is 1. The van der Waals surface area contributed by atoms with Crippen LogP contribution in [0.2, 0.25) is 0 Å². The topological polar surface area (TPSA) is 29.1 Å². The number of carbonyl (C=O) groups is 1. The van der Waals surface area contributed by atoms with Crippen molar-refractivity contribution in [2.75, 3.05) is 6.54 Å². The van der Waals surface area contributed by atoms with Gasteiger partial charge in [0.1, 0.15) is 0 Å². The van der Waals surface area contributed by atoms with Crippen molar-refractivity contribution in [3.8, 4) is 0 Å². The minimum absolute atomic E-state index is 0.0351. The molecular weight excluding hydrogens is 313 g/mol. The lowest BCUT2D eigenvalue weighted by molar-refractivity contribution is 0.0953. The van der Waals surface area contributed by atoms with Gasteiger partial charge in [0.15, 0.2) is 0 Å². The number of amides is 1. The quantitative estimate of drug-likeness (QED) is 0.626. The predicted molar refractivity (Wildman–Crippen MR) is 75.6 cm³/mol. The van der Waals surface area contributed by atoms with Gasteiger partial charge in [0, 0.05) is 15.7 Å². The molecule has 0 saturated carbocycles. The largest absolute Gasteiger partial charge is 0.352 e. The van der Waals surface area contributed by atoms with Crippen molar-refractivity contribution in [1.29, 1.82) is 0 Å². The maximum atomic E-state index is 11.7. The molecule has 0 heterocycles. The SMILES string of the molecule is CCCCCCNC(=O)c1ccc(I)cc1. The van der Waals surface area contributed by atoms with Crippen molar-refractivity contribution in [3.63, 3.8) is 0 Å². The van der Waals surface area contributed by atoms with Crippen LogP contribution in [0.15, 0.2) is 24.3 Å². The highest BCUT2D eigenvalue weighted by atomic mass is 127. The Bertz CT molecular complexity index is 321. The average molecular weight is 331 g/mol. The monoisotopic (exact) mass is 331 g/mol. The first-order valence-electron chi connectivity index (χ1n) is 5.78. The summed E-state index contributed by atoms with van der Waals surface area (Å²) < 4.78 is 1.15. The molecule has 0 spiro atoms. The van der Waals surface area contributed by atoms with Crippen molar-refractivity contribution in [3.05, 3.63) is 33.4 Å². The molecule has 0 radical (unpaired) electrons. The summed E-state index contributed by atoms with van der Waals surface area (Å²) in [5, 5.41) is 2.94. The second-order valence-corrected chi connectivity index (χ2v) is 5.07. The van der Waals surface area contributed by atoms with Gasteiger partial charge < -0.3 is 5.32 Å². The molecule has 1 amide bonds. The highest BCUT2D eigenvalue weighted by Gasteiger charge is 2.03. The molecule has 0 saturated heterocycles. The summed E-state index contributed by atoms with van der Waals surface area (Å²) in [6.45, 7) is 2.97. The number of rotatable bonds is 6. The first-order chi connectivity index (χ1) is 7.74. The van der Waals surface area contributed by atoms with Gasteiger partial charge in [-0.2, -0.15) is 0 Å². The smallest absolute Gasteiger partial charge is 0.251 e. The van der Waals surface area contributed by atoms with Gasteiger partial charge in [-0.1, -0.05) is 26.2 Å². The molecule has 0 aromatic heterocycles. The molecule has 1 aromatic rings. The maximum absolute atomic E-state index is 11.7. The third-order valence-electron chi connectivity index (χ3n) is 2.42. The van der Waals surface area contributed by atoms with E-state index in [9.17, 15) is 4.79 Å². The fraction of sp³-hybridized carbons (Fsp3) is 0.462. The van der Waals surface area contributed by atoms with Crippen LogP contribution >= 0.6 is 22.6 Å². The van der Waals surface area contributed by atoms with Crippen LogP contribution in [0, 0.1) is 3.57 Å². The zero-order valence-electron chi connectivity index (χ0n) is 9.63. The lowest BCUT2D eigenvalue weighted by atomic mass is 10.2. The number of benzene rings is 1. The zero-order valence-corrected chi connectivity index (χ0v) is 11.8. The van der Waals surface area contributed by atoms with E-state index in [1.54, 1.807) is 0 Å². The lowest BCUT2D eigenvalue weighted by Gasteiger charge is -2.04. The van der Waals surface area contributed by atoms with Gasteiger partial charge in [0.2, 0.25) is 0 Å². The molecule has 1 N–H and O–H groups in total. The molecule has 0 aliphatic carbocycles. The van der Waals surface area contributed by atoms with Gasteiger partial charge in [-0.3, -0.25) is 4.79 Å². The van der Waals surface area contributed by atoms with E-state index in [0.29, 0.717) is 0 Å². The summed E-state index contributed by atoms with van der Waals surface area (Å²) in [5.74, 6) is 0.0351. The third-order valence-corrected chi connectivity index (χ3v) is 3.14. The summed E-state index contributed by atoms with van der Waals surface area (Å²) in [5.41, 5.74) is 0.746. The van der Waals surface area contributed by atoms with Crippen molar-refractivity contribution >= 4 is 28.5 Å². The number of carbonyl (C=O) groups excluding carboxylic acids is 1. The lowest BCUT2D eigenvalue weighted by Crippen LogP contribution is -2.24. The Morgan fingerprint density at radius 3 is 2.50 bits per heavy atom.